The van der Waals surface area contributed by atoms with Gasteiger partial charge in [0, 0.05) is 34.4 Å². The predicted octanol–water partition coefficient (Wildman–Crippen LogP) is 7.90. The largest absolute Gasteiger partial charge is 0.488 e. The third kappa shape index (κ3) is 7.65. The van der Waals surface area contributed by atoms with E-state index < -0.39 is 0 Å². The molecule has 0 fully saturated rings. The van der Waals surface area contributed by atoms with Crippen molar-refractivity contribution in [3.8, 4) is 11.5 Å². The van der Waals surface area contributed by atoms with Crippen LogP contribution in [0.5, 0.6) is 11.5 Å². The lowest BCUT2D eigenvalue weighted by atomic mass is 9.81. The summed E-state index contributed by atoms with van der Waals surface area (Å²) in [7, 11) is 0. The van der Waals surface area contributed by atoms with Crippen LogP contribution in [0, 0.1) is 0 Å². The summed E-state index contributed by atoms with van der Waals surface area (Å²) in [5.74, 6) is 1.04. The highest BCUT2D eigenvalue weighted by molar-refractivity contribution is 6.11. The summed E-state index contributed by atoms with van der Waals surface area (Å²) < 4.78 is 23.9. The minimum absolute atomic E-state index is 0.0247. The zero-order valence-corrected chi connectivity index (χ0v) is 24.6. The van der Waals surface area contributed by atoms with Gasteiger partial charge in [0.05, 0.1) is 0 Å². The second-order valence-corrected chi connectivity index (χ2v) is 10.9. The Kier molecular flexibility index (Phi) is 10.6. The van der Waals surface area contributed by atoms with Crippen molar-refractivity contribution >= 4 is 33.5 Å². The third-order valence-electron chi connectivity index (χ3n) is 7.09. The first kappa shape index (κ1) is 30.3. The number of rotatable bonds is 14. The minimum Gasteiger partial charge on any atom is -0.488 e. The first-order chi connectivity index (χ1) is 18.6. The Morgan fingerprint density at radius 1 is 0.718 bits per heavy atom. The van der Waals surface area contributed by atoms with Gasteiger partial charge in [-0.1, -0.05) is 71.0 Å². The minimum atomic E-state index is -0.386. The fourth-order valence-corrected chi connectivity index (χ4v) is 4.48. The van der Waals surface area contributed by atoms with Crippen LogP contribution in [0.4, 0.5) is 0 Å². The molecule has 0 aliphatic heterocycles. The van der Waals surface area contributed by atoms with Crippen molar-refractivity contribution in [2.75, 3.05) is 13.2 Å². The molecule has 0 spiro atoms. The number of ether oxygens (including phenoxy) is 4. The van der Waals surface area contributed by atoms with Crippen LogP contribution in [0.25, 0.3) is 21.5 Å². The Bertz CT molecular complexity index is 1280. The highest BCUT2D eigenvalue weighted by Crippen LogP contribution is 2.44. The second kappa shape index (κ2) is 13.7. The van der Waals surface area contributed by atoms with Crippen molar-refractivity contribution in [3.63, 3.8) is 0 Å². The van der Waals surface area contributed by atoms with Crippen LogP contribution in [-0.4, -0.2) is 37.4 Å². The molecule has 39 heavy (non-hydrogen) atoms. The van der Waals surface area contributed by atoms with Gasteiger partial charge < -0.3 is 18.9 Å². The van der Waals surface area contributed by atoms with Gasteiger partial charge in [0.2, 0.25) is 0 Å². The van der Waals surface area contributed by atoms with E-state index in [1.165, 1.54) is 5.56 Å². The number of fused-ring (bicyclic) bond motifs is 2. The van der Waals surface area contributed by atoms with Crippen LogP contribution in [0.2, 0.25) is 0 Å². The molecule has 0 aliphatic rings. The number of carbonyl (C=O) groups excluding carboxylic acids is 2. The SMILES string of the molecule is CCCC(=O)OC(C)COc1c2ccccc2c(OCC(C)OC(=O)CCC)c2cc(C(C)(C)CC)ccc12. The van der Waals surface area contributed by atoms with Crippen LogP contribution >= 0.6 is 0 Å². The molecule has 0 saturated carbocycles. The van der Waals surface area contributed by atoms with Crippen molar-refractivity contribution in [2.24, 2.45) is 0 Å². The maximum atomic E-state index is 12.0. The van der Waals surface area contributed by atoms with E-state index in [2.05, 4.69) is 39.0 Å². The zero-order chi connectivity index (χ0) is 28.6. The van der Waals surface area contributed by atoms with Gasteiger partial charge in [0.15, 0.2) is 0 Å². The van der Waals surface area contributed by atoms with E-state index in [1.54, 1.807) is 0 Å². The molecule has 0 amide bonds. The molecule has 3 aromatic rings. The third-order valence-corrected chi connectivity index (χ3v) is 7.09. The van der Waals surface area contributed by atoms with E-state index in [0.717, 1.165) is 52.3 Å². The van der Waals surface area contributed by atoms with Crippen LogP contribution in [0.3, 0.4) is 0 Å². The second-order valence-electron chi connectivity index (χ2n) is 10.9. The van der Waals surface area contributed by atoms with Crippen molar-refractivity contribution < 1.29 is 28.5 Å². The van der Waals surface area contributed by atoms with Gasteiger partial charge in [-0.15, -0.1) is 0 Å². The quantitative estimate of drug-likeness (QED) is 0.154. The molecule has 3 aromatic carbocycles. The molecule has 0 N–H and O–H groups in total. The molecule has 6 heteroatoms. The van der Waals surface area contributed by atoms with Crippen molar-refractivity contribution in [1.29, 1.82) is 0 Å². The number of hydrogen-bond acceptors (Lipinski definition) is 6. The summed E-state index contributed by atoms with van der Waals surface area (Å²) in [6.45, 7) is 14.7. The van der Waals surface area contributed by atoms with E-state index in [0.29, 0.717) is 12.8 Å². The maximum Gasteiger partial charge on any atom is 0.306 e. The van der Waals surface area contributed by atoms with Gasteiger partial charge >= 0.3 is 11.9 Å². The lowest BCUT2D eigenvalue weighted by Gasteiger charge is -2.25. The Morgan fingerprint density at radius 2 is 1.18 bits per heavy atom. The van der Waals surface area contributed by atoms with E-state index in [-0.39, 0.29) is 42.8 Å². The van der Waals surface area contributed by atoms with Crippen LogP contribution < -0.4 is 9.47 Å². The molecule has 0 heterocycles. The molecule has 2 unspecified atom stereocenters. The van der Waals surface area contributed by atoms with Gasteiger partial charge in [-0.2, -0.15) is 0 Å². The Morgan fingerprint density at radius 3 is 1.64 bits per heavy atom. The molecule has 0 aromatic heterocycles. The monoisotopic (exact) mass is 536 g/mol. The van der Waals surface area contributed by atoms with Crippen LogP contribution in [0.15, 0.2) is 42.5 Å². The molecule has 3 rings (SSSR count). The molecule has 6 nitrogen and oxygen atoms in total. The van der Waals surface area contributed by atoms with Gasteiger partial charge in [0.1, 0.15) is 36.9 Å². The van der Waals surface area contributed by atoms with E-state index in [4.69, 9.17) is 18.9 Å². The summed E-state index contributed by atoms with van der Waals surface area (Å²) in [5.41, 5.74) is 1.18. The molecular weight excluding hydrogens is 492 g/mol. The lowest BCUT2D eigenvalue weighted by molar-refractivity contribution is -0.150. The first-order valence-electron chi connectivity index (χ1n) is 14.2. The number of esters is 2. The normalized spacial score (nSPS) is 13.2. The molecule has 0 aliphatic carbocycles. The summed E-state index contributed by atoms with van der Waals surface area (Å²) in [4.78, 5) is 24.0. The number of carbonyl (C=O) groups is 2. The average molecular weight is 537 g/mol. The van der Waals surface area contributed by atoms with Crippen molar-refractivity contribution in [2.45, 2.75) is 98.2 Å². The summed E-state index contributed by atoms with van der Waals surface area (Å²) in [6.07, 6.45) is 2.49. The smallest absolute Gasteiger partial charge is 0.306 e. The van der Waals surface area contributed by atoms with Crippen molar-refractivity contribution in [3.05, 3.63) is 48.0 Å². The molecule has 212 valence electrons. The Hall–Kier alpha value is -3.28. The lowest BCUT2D eigenvalue weighted by Crippen LogP contribution is -2.22. The van der Waals surface area contributed by atoms with Gasteiger partial charge in [-0.3, -0.25) is 9.59 Å². The molecule has 0 saturated heterocycles. The summed E-state index contributed by atoms with van der Waals surface area (Å²) >= 11 is 0. The molecule has 2 atom stereocenters. The average Bonchev–Trinajstić information content (AvgIpc) is 2.90. The molecular formula is C33H44O6. The van der Waals surface area contributed by atoms with Crippen LogP contribution in [0.1, 0.15) is 86.1 Å². The fourth-order valence-electron chi connectivity index (χ4n) is 4.48. The van der Waals surface area contributed by atoms with Gasteiger partial charge in [-0.05, 0) is 50.2 Å². The van der Waals surface area contributed by atoms with E-state index in [9.17, 15) is 9.59 Å². The van der Waals surface area contributed by atoms with E-state index >= 15 is 0 Å². The van der Waals surface area contributed by atoms with Crippen molar-refractivity contribution in [1.82, 2.24) is 0 Å². The van der Waals surface area contributed by atoms with Gasteiger partial charge in [-0.25, -0.2) is 0 Å². The van der Waals surface area contributed by atoms with E-state index in [1.807, 2.05) is 52.0 Å². The topological polar surface area (TPSA) is 71.1 Å². The fraction of sp³-hybridized carbons (Fsp3) is 0.515. The zero-order valence-electron chi connectivity index (χ0n) is 24.6. The number of benzene rings is 3. The number of hydrogen-bond donors (Lipinski definition) is 0. The summed E-state index contributed by atoms with van der Waals surface area (Å²) in [6, 6.07) is 14.4. The molecule has 0 radical (unpaired) electrons. The summed E-state index contributed by atoms with van der Waals surface area (Å²) in [5, 5.41) is 3.67. The standard InChI is InChI=1S/C33H44O6/c1-8-13-29(34)38-22(4)20-36-31-25-15-11-12-16-26(25)32(37-21-23(5)39-30(35)14-9-2)28-19-24(17-18-27(28)31)33(6,7)10-3/h11-12,15-19,22-23H,8-10,13-14,20-21H2,1-7H3. The maximum absolute atomic E-state index is 12.0. The first-order valence-corrected chi connectivity index (χ1v) is 14.2. The van der Waals surface area contributed by atoms with Crippen LogP contribution in [-0.2, 0) is 24.5 Å². The molecule has 0 bridgehead atoms. The Balaban J connectivity index is 2.06. The Labute approximate surface area is 233 Å². The highest BCUT2D eigenvalue weighted by Gasteiger charge is 2.23. The van der Waals surface area contributed by atoms with Gasteiger partial charge in [0.25, 0.3) is 0 Å². The highest BCUT2D eigenvalue weighted by atomic mass is 16.6. The predicted molar refractivity (Wildman–Crippen MR) is 157 cm³/mol.